The molecule has 2 aromatic carbocycles. The number of hydrogen-bond donors (Lipinski definition) is 2. The van der Waals surface area contributed by atoms with Crippen LogP contribution >= 0.6 is 0 Å². The smallest absolute Gasteiger partial charge is 0.316 e. The van der Waals surface area contributed by atoms with Crippen molar-refractivity contribution in [2.45, 2.75) is 45.6 Å². The van der Waals surface area contributed by atoms with Crippen LogP contribution < -0.4 is 4.74 Å². The summed E-state index contributed by atoms with van der Waals surface area (Å²) in [6.07, 6.45) is 0.246. The van der Waals surface area contributed by atoms with E-state index in [1.54, 1.807) is 32.9 Å². The third kappa shape index (κ3) is 3.93. The van der Waals surface area contributed by atoms with E-state index < -0.39 is 27.5 Å². The molecule has 1 heterocycles. The van der Waals surface area contributed by atoms with Crippen molar-refractivity contribution in [3.05, 3.63) is 53.7 Å². The number of aromatic nitrogens is 1. The lowest BCUT2D eigenvalue weighted by molar-refractivity contribution is -0.142. The number of carbonyl (C=O) groups excluding carboxylic acids is 1. The molecule has 160 valence electrons. The van der Waals surface area contributed by atoms with Crippen LogP contribution in [0.4, 0.5) is 0 Å². The van der Waals surface area contributed by atoms with E-state index in [9.17, 15) is 23.4 Å². The molecule has 3 aromatic rings. The second-order valence-corrected chi connectivity index (χ2v) is 10.2. The Morgan fingerprint density at radius 2 is 1.73 bits per heavy atom. The molecule has 0 aliphatic carbocycles. The Bertz CT molecular complexity index is 1220. The largest absolute Gasteiger partial charge is 0.507 e. The molecule has 3 rings (SSSR count). The maximum absolute atomic E-state index is 13.3. The van der Waals surface area contributed by atoms with Crippen molar-refractivity contribution in [1.82, 2.24) is 3.97 Å². The van der Waals surface area contributed by atoms with Crippen molar-refractivity contribution in [2.24, 2.45) is 5.41 Å². The van der Waals surface area contributed by atoms with E-state index in [1.807, 2.05) is 6.92 Å². The van der Waals surface area contributed by atoms with Gasteiger partial charge in [0.15, 0.2) is 0 Å². The molecule has 0 fully saturated rings. The molecule has 7 nitrogen and oxygen atoms in total. The summed E-state index contributed by atoms with van der Waals surface area (Å²) in [6, 6.07) is 8.95. The lowest BCUT2D eigenvalue weighted by Crippen LogP contribution is -2.25. The van der Waals surface area contributed by atoms with Crippen LogP contribution in [-0.4, -0.2) is 28.6 Å². The Kier molecular flexibility index (Phi) is 5.43. The van der Waals surface area contributed by atoms with Gasteiger partial charge >= 0.3 is 5.97 Å². The van der Waals surface area contributed by atoms with Crippen molar-refractivity contribution in [1.29, 1.82) is 0 Å². The highest BCUT2D eigenvalue weighted by molar-refractivity contribution is 7.90. The monoisotopic (exact) mass is 431 g/mol. The number of phenolic OH excluding ortho intramolecular Hbond substituents is 1. The van der Waals surface area contributed by atoms with Gasteiger partial charge in [0.25, 0.3) is 10.0 Å². The molecule has 2 N–H and O–H groups in total. The number of aliphatic hydroxyl groups is 1. The van der Waals surface area contributed by atoms with Crippen LogP contribution in [0.15, 0.2) is 47.5 Å². The summed E-state index contributed by atoms with van der Waals surface area (Å²) in [6.45, 7) is 8.38. The molecule has 1 unspecified atom stereocenters. The topological polar surface area (TPSA) is 106 Å². The second-order valence-electron chi connectivity index (χ2n) is 8.35. The standard InChI is InChI=1S/C22H25NO6S/c1-13-6-8-16(9-7-13)30(27,28)23-12-17(14(2)24)20-18(23)10-15(11-19(20)25)29-21(26)22(3,4)5/h6-12,14,24-25H,1-5H3. The van der Waals surface area contributed by atoms with E-state index in [2.05, 4.69) is 0 Å². The van der Waals surface area contributed by atoms with Crippen LogP contribution in [0.2, 0.25) is 0 Å². The molecule has 0 aliphatic rings. The molecule has 30 heavy (non-hydrogen) atoms. The maximum atomic E-state index is 13.3. The van der Waals surface area contributed by atoms with Crippen molar-refractivity contribution < 1.29 is 28.2 Å². The van der Waals surface area contributed by atoms with Crippen LogP contribution in [0.3, 0.4) is 0 Å². The Labute approximate surface area is 175 Å². The minimum Gasteiger partial charge on any atom is -0.507 e. The molecular weight excluding hydrogens is 406 g/mol. The number of fused-ring (bicyclic) bond motifs is 1. The van der Waals surface area contributed by atoms with Crippen molar-refractivity contribution in [3.63, 3.8) is 0 Å². The fourth-order valence-corrected chi connectivity index (χ4v) is 4.34. The van der Waals surface area contributed by atoms with Gasteiger partial charge in [-0.25, -0.2) is 12.4 Å². The van der Waals surface area contributed by atoms with Crippen LogP contribution in [0.5, 0.6) is 11.5 Å². The van der Waals surface area contributed by atoms with Gasteiger partial charge in [-0.1, -0.05) is 17.7 Å². The van der Waals surface area contributed by atoms with Crippen molar-refractivity contribution in [2.75, 3.05) is 0 Å². The first-order chi connectivity index (χ1) is 13.8. The van der Waals surface area contributed by atoms with Crippen LogP contribution in [0, 0.1) is 12.3 Å². The van der Waals surface area contributed by atoms with Gasteiger partial charge < -0.3 is 14.9 Å². The first-order valence-corrected chi connectivity index (χ1v) is 10.9. The van der Waals surface area contributed by atoms with Gasteiger partial charge in [0.05, 0.1) is 21.9 Å². The Hall–Kier alpha value is -2.84. The summed E-state index contributed by atoms with van der Waals surface area (Å²) in [5.41, 5.74) is 0.464. The third-order valence-electron chi connectivity index (χ3n) is 4.70. The number of nitrogens with zero attached hydrogens (tertiary/aromatic N) is 1. The Morgan fingerprint density at radius 3 is 2.27 bits per heavy atom. The SMILES string of the molecule is Cc1ccc(S(=O)(=O)n2cc(C(C)O)c3c(O)cc(OC(=O)C(C)(C)C)cc32)cc1. The number of hydrogen-bond acceptors (Lipinski definition) is 6. The molecule has 0 spiro atoms. The molecule has 0 saturated carbocycles. The Morgan fingerprint density at radius 1 is 1.13 bits per heavy atom. The molecule has 0 amide bonds. The summed E-state index contributed by atoms with van der Waals surface area (Å²) in [5.74, 6) is -0.815. The summed E-state index contributed by atoms with van der Waals surface area (Å²) in [4.78, 5) is 12.3. The first-order valence-electron chi connectivity index (χ1n) is 9.43. The van der Waals surface area contributed by atoms with Gasteiger partial charge in [0.1, 0.15) is 11.5 Å². The molecular formula is C22H25NO6S. The lowest BCUT2D eigenvalue weighted by Gasteiger charge is -2.17. The zero-order valence-corrected chi connectivity index (χ0v) is 18.3. The van der Waals surface area contributed by atoms with E-state index >= 15 is 0 Å². The average Bonchev–Trinajstić information content (AvgIpc) is 3.02. The van der Waals surface area contributed by atoms with E-state index in [-0.39, 0.29) is 32.9 Å². The van der Waals surface area contributed by atoms with Gasteiger partial charge in [-0.3, -0.25) is 4.79 Å². The van der Waals surface area contributed by atoms with E-state index in [4.69, 9.17) is 4.74 Å². The van der Waals surface area contributed by atoms with Crippen LogP contribution in [0.25, 0.3) is 10.9 Å². The molecule has 0 saturated heterocycles. The number of aromatic hydroxyl groups is 1. The number of esters is 1. The predicted octanol–water partition coefficient (Wildman–Crippen LogP) is 3.90. The van der Waals surface area contributed by atoms with E-state index in [0.29, 0.717) is 0 Å². The minimum atomic E-state index is -4.03. The highest BCUT2D eigenvalue weighted by atomic mass is 32.2. The number of rotatable bonds is 4. The summed E-state index contributed by atoms with van der Waals surface area (Å²) in [7, 11) is -4.03. The molecule has 0 radical (unpaired) electrons. The number of benzene rings is 2. The second kappa shape index (κ2) is 7.45. The number of aryl methyl sites for hydroxylation is 1. The molecule has 1 atom stereocenters. The van der Waals surface area contributed by atoms with Crippen LogP contribution in [-0.2, 0) is 14.8 Å². The summed E-state index contributed by atoms with van der Waals surface area (Å²) in [5, 5.41) is 20.9. The molecule has 1 aromatic heterocycles. The van der Waals surface area contributed by atoms with Gasteiger partial charge in [-0.15, -0.1) is 0 Å². The number of carbonyl (C=O) groups is 1. The van der Waals surface area contributed by atoms with Gasteiger partial charge in [-0.2, -0.15) is 0 Å². The number of ether oxygens (including phenoxy) is 1. The molecule has 8 heteroatoms. The van der Waals surface area contributed by atoms with Crippen LogP contribution in [0.1, 0.15) is 44.9 Å². The van der Waals surface area contributed by atoms with Crippen molar-refractivity contribution in [3.8, 4) is 11.5 Å². The molecule has 0 aliphatic heterocycles. The van der Waals surface area contributed by atoms with Gasteiger partial charge in [0, 0.05) is 29.3 Å². The fraction of sp³-hybridized carbons (Fsp3) is 0.318. The third-order valence-corrected chi connectivity index (χ3v) is 6.39. The lowest BCUT2D eigenvalue weighted by atomic mass is 9.97. The number of phenols is 1. The fourth-order valence-electron chi connectivity index (χ4n) is 2.98. The van der Waals surface area contributed by atoms with E-state index in [0.717, 1.165) is 9.54 Å². The van der Waals surface area contributed by atoms with E-state index in [1.165, 1.54) is 37.4 Å². The number of aliphatic hydroxyl groups excluding tert-OH is 1. The average molecular weight is 432 g/mol. The zero-order chi connectivity index (χ0) is 22.4. The Balaban J connectivity index is 2.26. The van der Waals surface area contributed by atoms with Gasteiger partial charge in [0.2, 0.25) is 0 Å². The summed E-state index contributed by atoms with van der Waals surface area (Å²) < 4.78 is 32.9. The zero-order valence-electron chi connectivity index (χ0n) is 17.5. The maximum Gasteiger partial charge on any atom is 0.316 e. The van der Waals surface area contributed by atoms with Crippen molar-refractivity contribution >= 4 is 26.9 Å². The predicted molar refractivity (Wildman–Crippen MR) is 113 cm³/mol. The normalized spacial score (nSPS) is 13.4. The molecule has 0 bridgehead atoms. The highest BCUT2D eigenvalue weighted by Gasteiger charge is 2.27. The highest BCUT2D eigenvalue weighted by Crippen LogP contribution is 2.39. The summed E-state index contributed by atoms with van der Waals surface area (Å²) >= 11 is 0. The van der Waals surface area contributed by atoms with Gasteiger partial charge in [-0.05, 0) is 46.8 Å². The first kappa shape index (κ1) is 21.9. The quantitative estimate of drug-likeness (QED) is 0.479. The minimum absolute atomic E-state index is 0.00974.